The number of benzene rings is 2. The minimum atomic E-state index is -0.747. The summed E-state index contributed by atoms with van der Waals surface area (Å²) in [6.07, 6.45) is 3.86. The predicted molar refractivity (Wildman–Crippen MR) is 116 cm³/mol. The minimum absolute atomic E-state index is 0.123. The number of carbonyl (C=O) groups excluding carboxylic acids is 1. The van der Waals surface area contributed by atoms with Crippen molar-refractivity contribution in [2.24, 2.45) is 5.92 Å². The van der Waals surface area contributed by atoms with Crippen molar-refractivity contribution in [3.8, 4) is 0 Å². The Kier molecular flexibility index (Phi) is 5.83. The lowest BCUT2D eigenvalue weighted by atomic mass is 10.1. The van der Waals surface area contributed by atoms with Crippen LogP contribution in [0.5, 0.6) is 0 Å². The van der Waals surface area contributed by atoms with Crippen LogP contribution in [0.15, 0.2) is 66.0 Å². The van der Waals surface area contributed by atoms with Crippen molar-refractivity contribution in [2.75, 3.05) is 5.32 Å². The molecule has 0 fully saturated rings. The molecule has 0 saturated heterocycles. The Morgan fingerprint density at radius 2 is 1.90 bits per heavy atom. The standard InChI is InChI=1S/C22H23N7O2/c1-15(2)10-11-28-13-23-19-9-8-17(12-18(19)22(28)31)25-21(30)20(29-14-24-26-27-29)16-6-4-3-5-7-16/h3-9,12-15,20H,10-11H2,1-2H3,(H,25,30). The van der Waals surface area contributed by atoms with E-state index in [-0.39, 0.29) is 11.5 Å². The van der Waals surface area contributed by atoms with Gasteiger partial charge in [-0.15, -0.1) is 5.10 Å². The van der Waals surface area contributed by atoms with Gasteiger partial charge in [-0.3, -0.25) is 14.2 Å². The molecule has 4 aromatic rings. The third-order valence-corrected chi connectivity index (χ3v) is 5.03. The van der Waals surface area contributed by atoms with Crippen LogP contribution in [0.25, 0.3) is 10.9 Å². The number of aryl methyl sites for hydroxylation is 1. The van der Waals surface area contributed by atoms with Crippen LogP contribution in [-0.2, 0) is 11.3 Å². The summed E-state index contributed by atoms with van der Waals surface area (Å²) in [7, 11) is 0. The largest absolute Gasteiger partial charge is 0.324 e. The number of hydrogen-bond acceptors (Lipinski definition) is 6. The normalized spacial score (nSPS) is 12.2. The molecule has 2 heterocycles. The van der Waals surface area contributed by atoms with Crippen LogP contribution in [0.1, 0.15) is 31.9 Å². The van der Waals surface area contributed by atoms with Crippen LogP contribution >= 0.6 is 0 Å². The maximum absolute atomic E-state index is 13.2. The van der Waals surface area contributed by atoms with E-state index in [1.54, 1.807) is 29.1 Å². The van der Waals surface area contributed by atoms with E-state index in [1.807, 2.05) is 30.3 Å². The molecule has 9 nitrogen and oxygen atoms in total. The SMILES string of the molecule is CC(C)CCn1cnc2ccc(NC(=O)C(c3ccccc3)n3cnnn3)cc2c1=O. The summed E-state index contributed by atoms with van der Waals surface area (Å²) in [5.41, 5.74) is 1.71. The Labute approximate surface area is 178 Å². The molecule has 2 aromatic heterocycles. The number of nitrogens with zero attached hydrogens (tertiary/aromatic N) is 6. The van der Waals surface area contributed by atoms with Crippen LogP contribution < -0.4 is 10.9 Å². The first-order valence-electron chi connectivity index (χ1n) is 10.1. The van der Waals surface area contributed by atoms with E-state index in [0.29, 0.717) is 29.1 Å². The van der Waals surface area contributed by atoms with Crippen LogP contribution in [-0.4, -0.2) is 35.7 Å². The fourth-order valence-corrected chi connectivity index (χ4v) is 3.35. The summed E-state index contributed by atoms with van der Waals surface area (Å²) >= 11 is 0. The van der Waals surface area contributed by atoms with Gasteiger partial charge < -0.3 is 5.32 Å². The van der Waals surface area contributed by atoms with Gasteiger partial charge in [-0.2, -0.15) is 0 Å². The van der Waals surface area contributed by atoms with E-state index >= 15 is 0 Å². The molecule has 1 amide bonds. The van der Waals surface area contributed by atoms with Crippen molar-refractivity contribution in [3.63, 3.8) is 0 Å². The van der Waals surface area contributed by atoms with E-state index < -0.39 is 6.04 Å². The summed E-state index contributed by atoms with van der Waals surface area (Å²) in [4.78, 5) is 30.4. The smallest absolute Gasteiger partial charge is 0.261 e. The number of nitrogens with one attached hydrogen (secondary N) is 1. The average Bonchev–Trinajstić information content (AvgIpc) is 3.29. The van der Waals surface area contributed by atoms with E-state index in [2.05, 4.69) is 39.7 Å². The lowest BCUT2D eigenvalue weighted by Crippen LogP contribution is -2.27. The molecule has 158 valence electrons. The molecule has 0 radical (unpaired) electrons. The zero-order valence-corrected chi connectivity index (χ0v) is 17.3. The Balaban J connectivity index is 1.64. The van der Waals surface area contributed by atoms with Crippen molar-refractivity contribution < 1.29 is 4.79 Å². The molecule has 4 rings (SSSR count). The van der Waals surface area contributed by atoms with Crippen LogP contribution in [0.2, 0.25) is 0 Å². The van der Waals surface area contributed by atoms with Gasteiger partial charge in [0.15, 0.2) is 6.04 Å². The summed E-state index contributed by atoms with van der Waals surface area (Å²) in [6, 6.07) is 13.6. The zero-order valence-electron chi connectivity index (χ0n) is 17.3. The second-order valence-electron chi connectivity index (χ2n) is 7.75. The highest BCUT2D eigenvalue weighted by Crippen LogP contribution is 2.21. The lowest BCUT2D eigenvalue weighted by molar-refractivity contribution is -0.118. The number of amides is 1. The number of fused-ring (bicyclic) bond motifs is 1. The Morgan fingerprint density at radius 3 is 2.61 bits per heavy atom. The van der Waals surface area contributed by atoms with Gasteiger partial charge in [0.1, 0.15) is 6.33 Å². The van der Waals surface area contributed by atoms with Gasteiger partial charge in [0.05, 0.1) is 17.2 Å². The fourth-order valence-electron chi connectivity index (χ4n) is 3.35. The zero-order chi connectivity index (χ0) is 21.8. The van der Waals surface area contributed by atoms with Crippen LogP contribution in [0, 0.1) is 5.92 Å². The van der Waals surface area contributed by atoms with Gasteiger partial charge in [-0.05, 0) is 46.5 Å². The number of tetrazole rings is 1. The van der Waals surface area contributed by atoms with Crippen molar-refractivity contribution >= 4 is 22.5 Å². The summed E-state index contributed by atoms with van der Waals surface area (Å²) in [5, 5.41) is 14.5. The molecule has 2 aromatic carbocycles. The van der Waals surface area contributed by atoms with Gasteiger partial charge in [0.2, 0.25) is 0 Å². The monoisotopic (exact) mass is 417 g/mol. The molecule has 1 atom stereocenters. The summed E-state index contributed by atoms with van der Waals surface area (Å²) in [5.74, 6) is 0.163. The third-order valence-electron chi connectivity index (χ3n) is 5.03. The predicted octanol–water partition coefficient (Wildman–Crippen LogP) is 2.66. The molecule has 0 bridgehead atoms. The van der Waals surface area contributed by atoms with Gasteiger partial charge in [0, 0.05) is 12.2 Å². The topological polar surface area (TPSA) is 108 Å². The second-order valence-corrected chi connectivity index (χ2v) is 7.75. The molecule has 9 heteroatoms. The highest BCUT2D eigenvalue weighted by atomic mass is 16.2. The molecule has 0 spiro atoms. The number of rotatable bonds is 7. The fraction of sp³-hybridized carbons (Fsp3) is 0.273. The van der Waals surface area contributed by atoms with E-state index in [0.717, 1.165) is 12.0 Å². The molecule has 0 aliphatic carbocycles. The Morgan fingerprint density at radius 1 is 1.10 bits per heavy atom. The Hall–Kier alpha value is -3.88. The highest BCUT2D eigenvalue weighted by Gasteiger charge is 2.24. The maximum atomic E-state index is 13.2. The molecular formula is C22H23N7O2. The van der Waals surface area contributed by atoms with E-state index in [9.17, 15) is 9.59 Å². The first-order chi connectivity index (χ1) is 15.0. The molecule has 1 unspecified atom stereocenters. The number of aromatic nitrogens is 6. The number of anilines is 1. The summed E-state index contributed by atoms with van der Waals surface area (Å²) < 4.78 is 3.01. The highest BCUT2D eigenvalue weighted by molar-refractivity contribution is 5.97. The van der Waals surface area contributed by atoms with Gasteiger partial charge in [0.25, 0.3) is 11.5 Å². The Bertz CT molecular complexity index is 1230. The van der Waals surface area contributed by atoms with Crippen LogP contribution in [0.4, 0.5) is 5.69 Å². The van der Waals surface area contributed by atoms with Gasteiger partial charge in [-0.1, -0.05) is 44.2 Å². The average molecular weight is 417 g/mol. The first kappa shape index (κ1) is 20.4. The van der Waals surface area contributed by atoms with Crippen molar-refractivity contribution in [3.05, 3.63) is 77.1 Å². The first-order valence-corrected chi connectivity index (χ1v) is 10.1. The number of hydrogen-bond donors (Lipinski definition) is 1. The molecular weight excluding hydrogens is 394 g/mol. The van der Waals surface area contributed by atoms with Crippen molar-refractivity contribution in [1.29, 1.82) is 0 Å². The van der Waals surface area contributed by atoms with E-state index in [4.69, 9.17) is 0 Å². The van der Waals surface area contributed by atoms with Gasteiger partial charge >= 0.3 is 0 Å². The quantitative estimate of drug-likeness (QED) is 0.495. The summed E-state index contributed by atoms with van der Waals surface area (Å²) in [6.45, 7) is 4.83. The minimum Gasteiger partial charge on any atom is -0.324 e. The molecule has 0 saturated carbocycles. The maximum Gasteiger partial charge on any atom is 0.261 e. The van der Waals surface area contributed by atoms with Crippen LogP contribution in [0.3, 0.4) is 0 Å². The lowest BCUT2D eigenvalue weighted by Gasteiger charge is -2.17. The van der Waals surface area contributed by atoms with E-state index in [1.165, 1.54) is 11.0 Å². The van der Waals surface area contributed by atoms with Crippen molar-refractivity contribution in [2.45, 2.75) is 32.9 Å². The molecule has 31 heavy (non-hydrogen) atoms. The molecule has 0 aliphatic rings. The van der Waals surface area contributed by atoms with Gasteiger partial charge in [-0.25, -0.2) is 9.67 Å². The third kappa shape index (κ3) is 4.50. The van der Waals surface area contributed by atoms with Crippen molar-refractivity contribution in [1.82, 2.24) is 29.8 Å². The molecule has 1 N–H and O–H groups in total. The number of carbonyl (C=O) groups is 1. The molecule has 0 aliphatic heterocycles. The second kappa shape index (κ2) is 8.86.